The SMILES string of the molecule is CC(=O)N1CCc2nc(-c3c(F)cc(OC4CC(N5CCCCC5)C4)cc3F)sc2C1. The van der Waals surface area contributed by atoms with Crippen LogP contribution in [0.3, 0.4) is 0 Å². The summed E-state index contributed by atoms with van der Waals surface area (Å²) in [4.78, 5) is 21.2. The quantitative estimate of drug-likeness (QED) is 0.698. The molecule has 0 atom stereocenters. The van der Waals surface area contributed by atoms with Gasteiger partial charge in [-0.2, -0.15) is 0 Å². The topological polar surface area (TPSA) is 45.7 Å². The smallest absolute Gasteiger partial charge is 0.219 e. The van der Waals surface area contributed by atoms with E-state index in [1.54, 1.807) is 4.90 Å². The molecule has 8 heteroatoms. The number of amides is 1. The highest BCUT2D eigenvalue weighted by atomic mass is 32.1. The summed E-state index contributed by atoms with van der Waals surface area (Å²) in [5.74, 6) is -1.07. The van der Waals surface area contributed by atoms with E-state index in [2.05, 4.69) is 9.88 Å². The predicted octanol–water partition coefficient (Wildman–Crippen LogP) is 4.39. The lowest BCUT2D eigenvalue weighted by Gasteiger charge is -2.44. The van der Waals surface area contributed by atoms with Gasteiger partial charge in [0.05, 0.1) is 17.8 Å². The summed E-state index contributed by atoms with van der Waals surface area (Å²) in [6.07, 6.45) is 6.27. The van der Waals surface area contributed by atoms with Crippen LogP contribution >= 0.6 is 11.3 Å². The van der Waals surface area contributed by atoms with Gasteiger partial charge < -0.3 is 14.5 Å². The maximum atomic E-state index is 14.9. The number of hydrogen-bond acceptors (Lipinski definition) is 5. The fraction of sp³-hybridized carbons (Fsp3) is 0.565. The molecule has 1 aromatic heterocycles. The molecule has 0 unspecified atom stereocenters. The molecule has 0 radical (unpaired) electrons. The van der Waals surface area contributed by atoms with Crippen molar-refractivity contribution < 1.29 is 18.3 Å². The van der Waals surface area contributed by atoms with Gasteiger partial charge in [0.2, 0.25) is 5.91 Å². The van der Waals surface area contributed by atoms with Crippen molar-refractivity contribution in [3.63, 3.8) is 0 Å². The summed E-state index contributed by atoms with van der Waals surface area (Å²) in [6, 6.07) is 3.08. The fourth-order valence-electron chi connectivity index (χ4n) is 4.80. The van der Waals surface area contributed by atoms with E-state index >= 15 is 0 Å². The number of aromatic nitrogens is 1. The summed E-state index contributed by atoms with van der Waals surface area (Å²) < 4.78 is 35.6. The Balaban J connectivity index is 1.27. The molecule has 2 aliphatic heterocycles. The number of fused-ring (bicyclic) bond motifs is 1. The molecule has 1 aliphatic carbocycles. The molecule has 5 rings (SSSR count). The number of hydrogen-bond donors (Lipinski definition) is 0. The largest absolute Gasteiger partial charge is 0.490 e. The summed E-state index contributed by atoms with van der Waals surface area (Å²) in [7, 11) is 0. The molecule has 2 fully saturated rings. The minimum Gasteiger partial charge on any atom is -0.490 e. The lowest BCUT2D eigenvalue weighted by molar-refractivity contribution is -0.129. The number of thiazole rings is 1. The van der Waals surface area contributed by atoms with Gasteiger partial charge in [-0.3, -0.25) is 4.79 Å². The molecule has 3 heterocycles. The van der Waals surface area contributed by atoms with E-state index in [-0.39, 0.29) is 23.3 Å². The third-order valence-electron chi connectivity index (χ3n) is 6.69. The zero-order valence-electron chi connectivity index (χ0n) is 17.7. The van der Waals surface area contributed by atoms with E-state index in [1.165, 1.54) is 49.7 Å². The Hall–Kier alpha value is -2.06. The summed E-state index contributed by atoms with van der Waals surface area (Å²) in [5, 5.41) is 0.325. The van der Waals surface area contributed by atoms with Crippen molar-refractivity contribution in [2.75, 3.05) is 19.6 Å². The van der Waals surface area contributed by atoms with Crippen LogP contribution in [0.4, 0.5) is 8.78 Å². The van der Waals surface area contributed by atoms with Gasteiger partial charge in [0.1, 0.15) is 28.5 Å². The van der Waals surface area contributed by atoms with Crippen LogP contribution in [-0.2, 0) is 17.8 Å². The molecule has 0 N–H and O–H groups in total. The second-order valence-electron chi connectivity index (χ2n) is 8.80. The van der Waals surface area contributed by atoms with Crippen molar-refractivity contribution in [1.82, 2.24) is 14.8 Å². The van der Waals surface area contributed by atoms with Crippen LogP contribution in [0.5, 0.6) is 5.75 Å². The molecular weight excluding hydrogens is 420 g/mol. The first-order valence-electron chi connectivity index (χ1n) is 11.1. The third-order valence-corrected chi connectivity index (χ3v) is 7.79. The number of piperidine rings is 1. The molecule has 1 aromatic carbocycles. The molecule has 0 bridgehead atoms. The van der Waals surface area contributed by atoms with Gasteiger partial charge in [0.15, 0.2) is 0 Å². The lowest BCUT2D eigenvalue weighted by atomic mass is 9.86. The predicted molar refractivity (Wildman–Crippen MR) is 115 cm³/mol. The molecular formula is C23H27F2N3O2S. The number of benzene rings is 1. The van der Waals surface area contributed by atoms with Crippen molar-refractivity contribution in [3.05, 3.63) is 34.3 Å². The molecule has 0 spiro atoms. The Morgan fingerprint density at radius 1 is 1.13 bits per heavy atom. The number of carbonyl (C=O) groups excluding carboxylic acids is 1. The molecule has 1 saturated heterocycles. The van der Waals surface area contributed by atoms with E-state index < -0.39 is 11.6 Å². The zero-order valence-corrected chi connectivity index (χ0v) is 18.5. The fourth-order valence-corrected chi connectivity index (χ4v) is 5.97. The monoisotopic (exact) mass is 447 g/mol. The minimum absolute atomic E-state index is 0.00187. The lowest BCUT2D eigenvalue weighted by Crippen LogP contribution is -2.50. The Labute approximate surface area is 185 Å². The Kier molecular flexibility index (Phi) is 5.69. The van der Waals surface area contributed by atoms with Crippen molar-refractivity contribution >= 4 is 17.2 Å². The van der Waals surface area contributed by atoms with Gasteiger partial charge in [-0.25, -0.2) is 13.8 Å². The molecule has 166 valence electrons. The first-order valence-corrected chi connectivity index (χ1v) is 11.9. The Bertz CT molecular complexity index is 960. The van der Waals surface area contributed by atoms with Crippen LogP contribution in [0.1, 0.15) is 49.6 Å². The summed E-state index contributed by atoms with van der Waals surface area (Å²) in [6.45, 7) is 4.87. The molecule has 31 heavy (non-hydrogen) atoms. The highest BCUT2D eigenvalue weighted by Crippen LogP contribution is 2.37. The highest BCUT2D eigenvalue weighted by Gasteiger charge is 2.36. The number of likely N-dealkylation sites (tertiary alicyclic amines) is 1. The van der Waals surface area contributed by atoms with Crippen LogP contribution in [0, 0.1) is 11.6 Å². The summed E-state index contributed by atoms with van der Waals surface area (Å²) >= 11 is 1.26. The normalized spacial score (nSPS) is 23.9. The van der Waals surface area contributed by atoms with E-state index in [0.717, 1.165) is 36.5 Å². The molecule has 1 amide bonds. The second-order valence-corrected chi connectivity index (χ2v) is 9.89. The molecule has 2 aromatic rings. The average molecular weight is 448 g/mol. The number of rotatable bonds is 4. The first kappa shape index (κ1) is 20.8. The molecule has 1 saturated carbocycles. The van der Waals surface area contributed by atoms with Gasteiger partial charge in [-0.05, 0) is 25.9 Å². The van der Waals surface area contributed by atoms with Crippen molar-refractivity contribution in [1.29, 1.82) is 0 Å². The van der Waals surface area contributed by atoms with Crippen LogP contribution in [0.2, 0.25) is 0 Å². The van der Waals surface area contributed by atoms with Crippen molar-refractivity contribution in [2.24, 2.45) is 0 Å². The van der Waals surface area contributed by atoms with Crippen molar-refractivity contribution in [3.8, 4) is 16.3 Å². The van der Waals surface area contributed by atoms with Crippen LogP contribution in [-0.4, -0.2) is 52.5 Å². The van der Waals surface area contributed by atoms with E-state index in [4.69, 9.17) is 4.74 Å². The van der Waals surface area contributed by atoms with E-state index in [9.17, 15) is 13.6 Å². The van der Waals surface area contributed by atoms with Gasteiger partial charge in [0, 0.05) is 55.8 Å². The van der Waals surface area contributed by atoms with Gasteiger partial charge in [0.25, 0.3) is 0 Å². The number of ether oxygens (including phenoxy) is 1. The minimum atomic E-state index is -0.656. The third kappa shape index (κ3) is 4.20. The van der Waals surface area contributed by atoms with Gasteiger partial charge in [-0.1, -0.05) is 6.42 Å². The van der Waals surface area contributed by atoms with Crippen molar-refractivity contribution in [2.45, 2.75) is 64.1 Å². The summed E-state index contributed by atoms with van der Waals surface area (Å²) in [5.41, 5.74) is 0.718. The maximum absolute atomic E-state index is 14.9. The zero-order chi connectivity index (χ0) is 21.5. The highest BCUT2D eigenvalue weighted by molar-refractivity contribution is 7.15. The average Bonchev–Trinajstić information content (AvgIpc) is 3.13. The van der Waals surface area contributed by atoms with Gasteiger partial charge in [-0.15, -0.1) is 11.3 Å². The molecule has 5 nitrogen and oxygen atoms in total. The van der Waals surface area contributed by atoms with E-state index in [0.29, 0.717) is 30.6 Å². The Morgan fingerprint density at radius 3 is 2.52 bits per heavy atom. The Morgan fingerprint density at radius 2 is 1.84 bits per heavy atom. The maximum Gasteiger partial charge on any atom is 0.219 e. The number of carbonyl (C=O) groups is 1. The van der Waals surface area contributed by atoms with E-state index in [1.807, 2.05) is 0 Å². The van der Waals surface area contributed by atoms with Gasteiger partial charge >= 0.3 is 0 Å². The van der Waals surface area contributed by atoms with Crippen LogP contribution in [0.25, 0.3) is 10.6 Å². The van der Waals surface area contributed by atoms with Crippen LogP contribution < -0.4 is 4.74 Å². The number of nitrogens with zero attached hydrogens (tertiary/aromatic N) is 3. The number of halogens is 2. The second kappa shape index (κ2) is 8.47. The molecule has 3 aliphatic rings. The first-order chi connectivity index (χ1) is 15.0. The standard InChI is InChI=1S/C23H27F2N3O2S/c1-14(29)28-8-5-20-21(13-28)31-23(26-20)22-18(24)11-17(12-19(22)25)30-16-9-15(10-16)27-6-3-2-4-7-27/h11-12,15-16H,2-10,13H2,1H3. The van der Waals surface area contributed by atoms with Crippen LogP contribution in [0.15, 0.2) is 12.1 Å².